The molecule has 0 aliphatic heterocycles. The van der Waals surface area contributed by atoms with Gasteiger partial charge in [0.15, 0.2) is 0 Å². The molecule has 0 aromatic heterocycles. The number of primary amides is 2. The van der Waals surface area contributed by atoms with E-state index in [1.807, 2.05) is 0 Å². The van der Waals surface area contributed by atoms with Crippen molar-refractivity contribution in [3.63, 3.8) is 0 Å². The van der Waals surface area contributed by atoms with Gasteiger partial charge in [-0.1, -0.05) is 0 Å². The standard InChI is InChI=1S/C6H10N2O4/c1-12-6(11)3(5(8)10)2-4(7)9/h3H,2H2,1H3,(H2,7,9)(H2,8,10). The second kappa shape index (κ2) is 4.32. The fourth-order valence-electron chi connectivity index (χ4n) is 0.644. The van der Waals surface area contributed by atoms with Crippen LogP contribution in [0.1, 0.15) is 6.42 Å². The van der Waals surface area contributed by atoms with Crippen molar-refractivity contribution in [3.05, 3.63) is 0 Å². The van der Waals surface area contributed by atoms with Crippen molar-refractivity contribution in [3.8, 4) is 0 Å². The molecule has 0 rings (SSSR count). The Balaban J connectivity index is 4.33. The lowest BCUT2D eigenvalue weighted by atomic mass is 10.1. The molecule has 0 heterocycles. The number of carbonyl (C=O) groups is 3. The van der Waals surface area contributed by atoms with E-state index in [9.17, 15) is 14.4 Å². The monoisotopic (exact) mass is 174 g/mol. The number of esters is 1. The van der Waals surface area contributed by atoms with Gasteiger partial charge < -0.3 is 16.2 Å². The van der Waals surface area contributed by atoms with Crippen molar-refractivity contribution in [2.75, 3.05) is 7.11 Å². The molecule has 0 aliphatic rings. The minimum Gasteiger partial charge on any atom is -0.468 e. The lowest BCUT2D eigenvalue weighted by Gasteiger charge is -2.07. The van der Waals surface area contributed by atoms with Crippen LogP contribution in [0, 0.1) is 5.92 Å². The van der Waals surface area contributed by atoms with E-state index in [4.69, 9.17) is 11.5 Å². The number of methoxy groups -OCH3 is 1. The van der Waals surface area contributed by atoms with Crippen LogP contribution < -0.4 is 11.5 Å². The van der Waals surface area contributed by atoms with Crippen LogP contribution in [0.5, 0.6) is 0 Å². The van der Waals surface area contributed by atoms with Crippen molar-refractivity contribution < 1.29 is 19.1 Å². The maximum Gasteiger partial charge on any atom is 0.318 e. The highest BCUT2D eigenvalue weighted by atomic mass is 16.5. The van der Waals surface area contributed by atoms with Gasteiger partial charge in [0, 0.05) is 6.42 Å². The number of amides is 2. The van der Waals surface area contributed by atoms with Crippen LogP contribution >= 0.6 is 0 Å². The Bertz CT molecular complexity index is 214. The number of ether oxygens (including phenoxy) is 1. The summed E-state index contributed by atoms with van der Waals surface area (Å²) in [5.41, 5.74) is 9.58. The highest BCUT2D eigenvalue weighted by molar-refractivity contribution is 6.00. The molecule has 68 valence electrons. The third-order valence-electron chi connectivity index (χ3n) is 1.23. The number of hydrogen-bond acceptors (Lipinski definition) is 4. The van der Waals surface area contributed by atoms with E-state index in [2.05, 4.69) is 4.74 Å². The summed E-state index contributed by atoms with van der Waals surface area (Å²) in [6.45, 7) is 0. The summed E-state index contributed by atoms with van der Waals surface area (Å²) in [4.78, 5) is 31.6. The third kappa shape index (κ3) is 3.00. The number of rotatable bonds is 4. The van der Waals surface area contributed by atoms with Crippen molar-refractivity contribution in [2.45, 2.75) is 6.42 Å². The van der Waals surface area contributed by atoms with Crippen LogP contribution in [0.4, 0.5) is 0 Å². The first-order chi connectivity index (χ1) is 5.49. The molecule has 0 saturated heterocycles. The Kier molecular flexibility index (Phi) is 3.75. The lowest BCUT2D eigenvalue weighted by molar-refractivity contribution is -0.151. The predicted molar refractivity (Wildman–Crippen MR) is 38.5 cm³/mol. The second-order valence-corrected chi connectivity index (χ2v) is 2.15. The molecule has 0 aromatic carbocycles. The molecule has 0 radical (unpaired) electrons. The summed E-state index contributed by atoms with van der Waals surface area (Å²) in [7, 11) is 1.10. The summed E-state index contributed by atoms with van der Waals surface area (Å²) in [5, 5.41) is 0. The first-order valence-corrected chi connectivity index (χ1v) is 3.14. The molecule has 0 aromatic rings. The first kappa shape index (κ1) is 10.4. The van der Waals surface area contributed by atoms with E-state index in [-0.39, 0.29) is 0 Å². The van der Waals surface area contributed by atoms with E-state index in [1.54, 1.807) is 0 Å². The maximum absolute atomic E-state index is 10.8. The zero-order valence-corrected chi connectivity index (χ0v) is 6.57. The van der Waals surface area contributed by atoms with Gasteiger partial charge in [-0.15, -0.1) is 0 Å². The Hall–Kier alpha value is -1.59. The van der Waals surface area contributed by atoms with E-state index >= 15 is 0 Å². The van der Waals surface area contributed by atoms with Crippen LogP contribution in [-0.4, -0.2) is 24.9 Å². The fourth-order valence-corrected chi connectivity index (χ4v) is 0.644. The minimum atomic E-state index is -1.27. The predicted octanol–water partition coefficient (Wildman–Crippen LogP) is -1.86. The molecule has 1 unspecified atom stereocenters. The molecule has 2 amide bonds. The number of hydrogen-bond donors (Lipinski definition) is 2. The summed E-state index contributed by atoms with van der Waals surface area (Å²) >= 11 is 0. The summed E-state index contributed by atoms with van der Waals surface area (Å²) < 4.78 is 4.23. The lowest BCUT2D eigenvalue weighted by Crippen LogP contribution is -2.34. The van der Waals surface area contributed by atoms with Crippen molar-refractivity contribution in [1.29, 1.82) is 0 Å². The third-order valence-corrected chi connectivity index (χ3v) is 1.23. The number of carbonyl (C=O) groups excluding carboxylic acids is 3. The van der Waals surface area contributed by atoms with Crippen LogP contribution in [0.15, 0.2) is 0 Å². The molecule has 0 fully saturated rings. The van der Waals surface area contributed by atoms with Gasteiger partial charge in [-0.05, 0) is 0 Å². The average Bonchev–Trinajstić information content (AvgIpc) is 1.98. The fraction of sp³-hybridized carbons (Fsp3) is 0.500. The highest BCUT2D eigenvalue weighted by Crippen LogP contribution is 2.03. The Morgan fingerprint density at radius 2 is 1.83 bits per heavy atom. The molecule has 0 saturated carbocycles. The van der Waals surface area contributed by atoms with Gasteiger partial charge in [0.1, 0.15) is 5.92 Å². The van der Waals surface area contributed by atoms with E-state index in [1.165, 1.54) is 0 Å². The molecule has 12 heavy (non-hydrogen) atoms. The molecule has 1 atom stereocenters. The average molecular weight is 174 g/mol. The Morgan fingerprint density at radius 1 is 1.33 bits per heavy atom. The van der Waals surface area contributed by atoms with Crippen molar-refractivity contribution in [1.82, 2.24) is 0 Å². The Morgan fingerprint density at radius 3 is 2.08 bits per heavy atom. The van der Waals surface area contributed by atoms with Gasteiger partial charge in [0.05, 0.1) is 7.11 Å². The van der Waals surface area contributed by atoms with Crippen LogP contribution in [-0.2, 0) is 19.1 Å². The van der Waals surface area contributed by atoms with Gasteiger partial charge >= 0.3 is 5.97 Å². The van der Waals surface area contributed by atoms with E-state index in [0.717, 1.165) is 7.11 Å². The molecular weight excluding hydrogens is 164 g/mol. The first-order valence-electron chi connectivity index (χ1n) is 3.14. The molecule has 6 heteroatoms. The zero-order chi connectivity index (χ0) is 9.72. The zero-order valence-electron chi connectivity index (χ0n) is 6.57. The van der Waals surface area contributed by atoms with Gasteiger partial charge in [-0.2, -0.15) is 0 Å². The molecule has 4 N–H and O–H groups in total. The molecule has 0 bridgehead atoms. The maximum atomic E-state index is 10.8. The largest absolute Gasteiger partial charge is 0.468 e. The molecule has 0 spiro atoms. The Labute approximate surface area is 68.8 Å². The van der Waals surface area contributed by atoms with Gasteiger partial charge in [0.25, 0.3) is 0 Å². The van der Waals surface area contributed by atoms with Crippen molar-refractivity contribution in [2.24, 2.45) is 17.4 Å². The quantitative estimate of drug-likeness (QED) is 0.384. The summed E-state index contributed by atoms with van der Waals surface area (Å²) in [6, 6.07) is 0. The summed E-state index contributed by atoms with van der Waals surface area (Å²) in [6.07, 6.45) is -0.415. The van der Waals surface area contributed by atoms with Crippen LogP contribution in [0.25, 0.3) is 0 Å². The highest BCUT2D eigenvalue weighted by Gasteiger charge is 2.26. The second-order valence-electron chi connectivity index (χ2n) is 2.15. The van der Waals surface area contributed by atoms with Gasteiger partial charge in [0.2, 0.25) is 11.8 Å². The molecule has 6 nitrogen and oxygen atoms in total. The van der Waals surface area contributed by atoms with Crippen LogP contribution in [0.2, 0.25) is 0 Å². The van der Waals surface area contributed by atoms with Crippen LogP contribution in [0.3, 0.4) is 0 Å². The van der Waals surface area contributed by atoms with Gasteiger partial charge in [-0.25, -0.2) is 0 Å². The normalized spacial score (nSPS) is 11.8. The molecule has 0 aliphatic carbocycles. The summed E-state index contributed by atoms with van der Waals surface area (Å²) in [5.74, 6) is -3.81. The SMILES string of the molecule is COC(=O)C(CC(N)=O)C(N)=O. The number of nitrogens with two attached hydrogens (primary N) is 2. The topological polar surface area (TPSA) is 112 Å². The van der Waals surface area contributed by atoms with E-state index < -0.39 is 30.1 Å². The van der Waals surface area contributed by atoms with Gasteiger partial charge in [-0.3, -0.25) is 14.4 Å². The minimum absolute atomic E-state index is 0.415. The smallest absolute Gasteiger partial charge is 0.318 e. The molecular formula is C6H10N2O4. The van der Waals surface area contributed by atoms with E-state index in [0.29, 0.717) is 0 Å². The van der Waals surface area contributed by atoms with Crippen molar-refractivity contribution >= 4 is 17.8 Å².